The number of morpholine rings is 1. The molecule has 1 aromatic heterocycles. The fourth-order valence-electron chi connectivity index (χ4n) is 3.59. The standard InChI is InChI=1S/C23H27FN4O3.C2H6/c1-16-12-17(4-5-19(16)24)27-23-18-13-22(21(29-2)14-20(18)25-15-26-23)31-9-3-6-28-7-10-30-11-8-28;1-2/h4-5,12-15H,3,6-11H2,1-2H3,(H,25,26,27);1-2H3. The van der Waals surface area contributed by atoms with Gasteiger partial charge in [-0.15, -0.1) is 0 Å². The molecule has 1 saturated heterocycles. The second-order valence-corrected chi connectivity index (χ2v) is 7.49. The van der Waals surface area contributed by atoms with Gasteiger partial charge in [-0.1, -0.05) is 13.8 Å². The first-order chi connectivity index (χ1) is 16.1. The van der Waals surface area contributed by atoms with Crippen LogP contribution in [-0.2, 0) is 4.74 Å². The molecular weight excluding hydrogens is 423 g/mol. The molecule has 1 aliphatic heterocycles. The number of anilines is 2. The van der Waals surface area contributed by atoms with Crippen molar-refractivity contribution in [2.24, 2.45) is 0 Å². The Bertz CT molecular complexity index is 1040. The topological polar surface area (TPSA) is 68.7 Å². The summed E-state index contributed by atoms with van der Waals surface area (Å²) in [7, 11) is 1.61. The van der Waals surface area contributed by atoms with Crippen LogP contribution in [0.25, 0.3) is 10.9 Å². The number of hydrogen-bond acceptors (Lipinski definition) is 7. The Morgan fingerprint density at radius 2 is 1.88 bits per heavy atom. The van der Waals surface area contributed by atoms with Crippen LogP contribution in [0.15, 0.2) is 36.7 Å². The van der Waals surface area contributed by atoms with E-state index in [0.29, 0.717) is 29.5 Å². The van der Waals surface area contributed by atoms with Crippen LogP contribution in [0.3, 0.4) is 0 Å². The van der Waals surface area contributed by atoms with Gasteiger partial charge in [-0.3, -0.25) is 4.90 Å². The monoisotopic (exact) mass is 456 g/mol. The molecule has 33 heavy (non-hydrogen) atoms. The quantitative estimate of drug-likeness (QED) is 0.481. The zero-order chi connectivity index (χ0) is 23.6. The number of fused-ring (bicyclic) bond motifs is 1. The van der Waals surface area contributed by atoms with Crippen LogP contribution < -0.4 is 14.8 Å². The third-order valence-electron chi connectivity index (χ3n) is 5.32. The second kappa shape index (κ2) is 12.3. The zero-order valence-electron chi connectivity index (χ0n) is 19.9. The van der Waals surface area contributed by atoms with Crippen molar-refractivity contribution in [2.45, 2.75) is 27.2 Å². The third kappa shape index (κ3) is 6.52. The van der Waals surface area contributed by atoms with E-state index in [1.54, 1.807) is 26.2 Å². The highest BCUT2D eigenvalue weighted by Crippen LogP contribution is 2.35. The molecule has 0 amide bonds. The van der Waals surface area contributed by atoms with Gasteiger partial charge in [0.1, 0.15) is 18.0 Å². The number of aryl methyl sites for hydroxylation is 1. The van der Waals surface area contributed by atoms with E-state index in [2.05, 4.69) is 20.2 Å². The highest BCUT2D eigenvalue weighted by molar-refractivity contribution is 5.93. The SMILES string of the molecule is CC.COc1cc2ncnc(Nc3ccc(F)c(C)c3)c2cc1OCCCN1CCOCC1. The van der Waals surface area contributed by atoms with Crippen molar-refractivity contribution >= 4 is 22.4 Å². The zero-order valence-corrected chi connectivity index (χ0v) is 19.9. The Labute approximate surface area is 194 Å². The van der Waals surface area contributed by atoms with E-state index < -0.39 is 0 Å². The minimum absolute atomic E-state index is 0.240. The van der Waals surface area contributed by atoms with Gasteiger partial charge in [-0.05, 0) is 43.2 Å². The number of aromatic nitrogens is 2. The number of rotatable bonds is 8. The first kappa shape index (κ1) is 24.7. The lowest BCUT2D eigenvalue weighted by molar-refractivity contribution is 0.0357. The highest BCUT2D eigenvalue weighted by Gasteiger charge is 2.13. The maximum atomic E-state index is 13.6. The summed E-state index contributed by atoms with van der Waals surface area (Å²) in [5.41, 5.74) is 2.05. The number of methoxy groups -OCH3 is 1. The van der Waals surface area contributed by atoms with Gasteiger partial charge in [-0.2, -0.15) is 0 Å². The maximum Gasteiger partial charge on any atom is 0.162 e. The molecule has 7 nitrogen and oxygen atoms in total. The number of halogens is 1. The van der Waals surface area contributed by atoms with E-state index >= 15 is 0 Å². The van der Waals surface area contributed by atoms with Gasteiger partial charge in [0.25, 0.3) is 0 Å². The van der Waals surface area contributed by atoms with Crippen LogP contribution in [0, 0.1) is 12.7 Å². The molecule has 4 rings (SSSR count). The summed E-state index contributed by atoms with van der Waals surface area (Å²) in [6, 6.07) is 8.60. The van der Waals surface area contributed by atoms with Crippen molar-refractivity contribution in [3.8, 4) is 11.5 Å². The second-order valence-electron chi connectivity index (χ2n) is 7.49. The number of hydrogen-bond donors (Lipinski definition) is 1. The molecule has 2 heterocycles. The average Bonchev–Trinajstić information content (AvgIpc) is 2.86. The molecule has 8 heteroatoms. The van der Waals surface area contributed by atoms with Crippen molar-refractivity contribution in [1.29, 1.82) is 0 Å². The average molecular weight is 457 g/mol. The molecule has 0 aliphatic carbocycles. The molecule has 1 fully saturated rings. The van der Waals surface area contributed by atoms with Crippen molar-refractivity contribution in [3.05, 3.63) is 48.0 Å². The van der Waals surface area contributed by atoms with Crippen LogP contribution in [0.1, 0.15) is 25.8 Å². The van der Waals surface area contributed by atoms with Gasteiger partial charge in [0.15, 0.2) is 11.5 Å². The molecule has 0 unspecified atom stereocenters. The summed E-state index contributed by atoms with van der Waals surface area (Å²) >= 11 is 0. The molecule has 0 atom stereocenters. The fourth-order valence-corrected chi connectivity index (χ4v) is 3.59. The number of benzene rings is 2. The fraction of sp³-hybridized carbons (Fsp3) is 0.440. The van der Waals surface area contributed by atoms with Gasteiger partial charge < -0.3 is 19.5 Å². The summed E-state index contributed by atoms with van der Waals surface area (Å²) in [5, 5.41) is 4.06. The molecule has 0 bridgehead atoms. The Kier molecular flexibility index (Phi) is 9.21. The number of nitrogens with zero attached hydrogens (tertiary/aromatic N) is 3. The van der Waals surface area contributed by atoms with Crippen LogP contribution in [0.2, 0.25) is 0 Å². The summed E-state index contributed by atoms with van der Waals surface area (Å²) < 4.78 is 30.6. The van der Waals surface area contributed by atoms with E-state index in [4.69, 9.17) is 14.2 Å². The van der Waals surface area contributed by atoms with Crippen molar-refractivity contribution < 1.29 is 18.6 Å². The highest BCUT2D eigenvalue weighted by atomic mass is 19.1. The lowest BCUT2D eigenvalue weighted by Crippen LogP contribution is -2.37. The lowest BCUT2D eigenvalue weighted by Gasteiger charge is -2.26. The van der Waals surface area contributed by atoms with Gasteiger partial charge in [0.2, 0.25) is 0 Å². The minimum Gasteiger partial charge on any atom is -0.493 e. The first-order valence-corrected chi connectivity index (χ1v) is 11.4. The Balaban J connectivity index is 0.00000149. The van der Waals surface area contributed by atoms with E-state index in [0.717, 1.165) is 55.9 Å². The molecule has 0 saturated carbocycles. The molecule has 1 N–H and O–H groups in total. The Morgan fingerprint density at radius 1 is 1.09 bits per heavy atom. The smallest absolute Gasteiger partial charge is 0.162 e. The lowest BCUT2D eigenvalue weighted by atomic mass is 10.2. The van der Waals surface area contributed by atoms with E-state index in [-0.39, 0.29) is 5.82 Å². The largest absolute Gasteiger partial charge is 0.493 e. The molecule has 1 aliphatic rings. The maximum absolute atomic E-state index is 13.6. The van der Waals surface area contributed by atoms with Gasteiger partial charge >= 0.3 is 0 Å². The first-order valence-electron chi connectivity index (χ1n) is 11.4. The van der Waals surface area contributed by atoms with Gasteiger partial charge in [0, 0.05) is 36.8 Å². The number of ether oxygens (including phenoxy) is 3. The van der Waals surface area contributed by atoms with E-state index in [1.165, 1.54) is 12.4 Å². The normalized spacial score (nSPS) is 13.8. The summed E-state index contributed by atoms with van der Waals surface area (Å²) in [4.78, 5) is 11.1. The van der Waals surface area contributed by atoms with E-state index in [9.17, 15) is 4.39 Å². The molecular formula is C25H33FN4O3. The third-order valence-corrected chi connectivity index (χ3v) is 5.32. The van der Waals surface area contributed by atoms with Crippen LogP contribution >= 0.6 is 0 Å². The van der Waals surface area contributed by atoms with Crippen molar-refractivity contribution in [1.82, 2.24) is 14.9 Å². The summed E-state index contributed by atoms with van der Waals surface area (Å²) in [6.45, 7) is 10.8. The number of nitrogens with one attached hydrogen (secondary N) is 1. The van der Waals surface area contributed by atoms with Crippen LogP contribution in [-0.4, -0.2) is 61.4 Å². The summed E-state index contributed by atoms with van der Waals surface area (Å²) in [5.74, 6) is 1.65. The van der Waals surface area contributed by atoms with E-state index in [1.807, 2.05) is 26.0 Å². The van der Waals surface area contributed by atoms with Crippen LogP contribution in [0.5, 0.6) is 11.5 Å². The molecule has 0 spiro atoms. The van der Waals surface area contributed by atoms with Crippen molar-refractivity contribution in [3.63, 3.8) is 0 Å². The minimum atomic E-state index is -0.240. The van der Waals surface area contributed by atoms with Crippen molar-refractivity contribution in [2.75, 3.05) is 51.9 Å². The Morgan fingerprint density at radius 3 is 2.61 bits per heavy atom. The van der Waals surface area contributed by atoms with Gasteiger partial charge in [0.05, 0.1) is 32.4 Å². The van der Waals surface area contributed by atoms with Crippen LogP contribution in [0.4, 0.5) is 15.9 Å². The molecule has 0 radical (unpaired) electrons. The molecule has 3 aromatic rings. The predicted molar refractivity (Wildman–Crippen MR) is 129 cm³/mol. The molecule has 2 aromatic carbocycles. The summed E-state index contributed by atoms with van der Waals surface area (Å²) in [6.07, 6.45) is 2.40. The molecule has 178 valence electrons. The predicted octanol–water partition coefficient (Wildman–Crippen LogP) is 4.96. The van der Waals surface area contributed by atoms with Gasteiger partial charge in [-0.25, -0.2) is 14.4 Å². The Hall–Kier alpha value is -2.97.